The van der Waals surface area contributed by atoms with Gasteiger partial charge < -0.3 is 14.4 Å². The van der Waals surface area contributed by atoms with Gasteiger partial charge in [0.25, 0.3) is 0 Å². The van der Waals surface area contributed by atoms with E-state index in [0.29, 0.717) is 38.4 Å². The quantitative estimate of drug-likeness (QED) is 0.603. The summed E-state index contributed by atoms with van der Waals surface area (Å²) in [5, 5.41) is 5.37. The summed E-state index contributed by atoms with van der Waals surface area (Å²) in [5.41, 5.74) is 5.66. The molecule has 0 amide bonds. The van der Waals surface area contributed by atoms with Crippen LogP contribution in [0, 0.1) is 20.8 Å². The number of anilines is 1. The van der Waals surface area contributed by atoms with Crippen molar-refractivity contribution in [2.24, 2.45) is 0 Å². The SMILES string of the molecule is CCOC(=O)c1cnc2c(C)cc(C)cc2c1N1CCO[C@@H](Cn2cc(C)cn2)C1. The van der Waals surface area contributed by atoms with Gasteiger partial charge in [-0.25, -0.2) is 4.79 Å². The summed E-state index contributed by atoms with van der Waals surface area (Å²) in [5.74, 6) is -0.341. The molecular weight excluding hydrogens is 380 g/mol. The van der Waals surface area contributed by atoms with Crippen molar-refractivity contribution in [2.45, 2.75) is 40.3 Å². The van der Waals surface area contributed by atoms with Gasteiger partial charge in [-0.1, -0.05) is 11.6 Å². The fourth-order valence-corrected chi connectivity index (χ4v) is 4.15. The molecule has 3 aromatic rings. The second-order valence-electron chi connectivity index (χ2n) is 7.90. The number of rotatable bonds is 5. The summed E-state index contributed by atoms with van der Waals surface area (Å²) in [6.45, 7) is 10.9. The number of aromatic nitrogens is 3. The van der Waals surface area contributed by atoms with Crippen LogP contribution in [0.2, 0.25) is 0 Å². The van der Waals surface area contributed by atoms with E-state index in [-0.39, 0.29) is 12.1 Å². The van der Waals surface area contributed by atoms with E-state index in [2.05, 4.69) is 41.0 Å². The second kappa shape index (κ2) is 8.44. The van der Waals surface area contributed by atoms with Gasteiger partial charge in [-0.05, 0) is 44.9 Å². The Morgan fingerprint density at radius 1 is 1.23 bits per heavy atom. The molecule has 4 rings (SSSR count). The molecular formula is C23H28N4O3. The molecule has 0 radical (unpaired) electrons. The summed E-state index contributed by atoms with van der Waals surface area (Å²) in [6.07, 6.45) is 5.49. The lowest BCUT2D eigenvalue weighted by molar-refractivity contribution is 0.0272. The zero-order valence-corrected chi connectivity index (χ0v) is 18.0. The first-order chi connectivity index (χ1) is 14.5. The molecule has 3 heterocycles. The highest BCUT2D eigenvalue weighted by Crippen LogP contribution is 2.34. The predicted molar refractivity (Wildman–Crippen MR) is 116 cm³/mol. The lowest BCUT2D eigenvalue weighted by atomic mass is 10.0. The summed E-state index contributed by atoms with van der Waals surface area (Å²) < 4.78 is 13.3. The number of nitrogens with zero attached hydrogens (tertiary/aromatic N) is 4. The van der Waals surface area contributed by atoms with Crippen LogP contribution in [0.15, 0.2) is 30.7 Å². The van der Waals surface area contributed by atoms with E-state index < -0.39 is 0 Å². The number of pyridine rings is 1. The van der Waals surface area contributed by atoms with Crippen LogP contribution in [0.1, 0.15) is 34.0 Å². The summed E-state index contributed by atoms with van der Waals surface area (Å²) in [6, 6.07) is 4.22. The van der Waals surface area contributed by atoms with Gasteiger partial charge >= 0.3 is 5.97 Å². The smallest absolute Gasteiger partial charge is 0.341 e. The van der Waals surface area contributed by atoms with Crippen molar-refractivity contribution in [3.8, 4) is 0 Å². The minimum Gasteiger partial charge on any atom is -0.462 e. The van der Waals surface area contributed by atoms with Crippen molar-refractivity contribution in [1.82, 2.24) is 14.8 Å². The fourth-order valence-electron chi connectivity index (χ4n) is 4.15. The van der Waals surface area contributed by atoms with E-state index >= 15 is 0 Å². The standard InChI is InChI=1S/C23H28N4O3/c1-5-29-23(28)20-11-24-21-17(4)8-15(2)9-19(21)22(20)26-6-7-30-18(13-26)14-27-12-16(3)10-25-27/h8-12,18H,5-7,13-14H2,1-4H3/t18-/m1/s1. The third-order valence-corrected chi connectivity index (χ3v) is 5.38. The van der Waals surface area contributed by atoms with Gasteiger partial charge in [0.1, 0.15) is 5.56 Å². The third kappa shape index (κ3) is 4.03. The van der Waals surface area contributed by atoms with E-state index in [9.17, 15) is 4.79 Å². The van der Waals surface area contributed by atoms with Crippen molar-refractivity contribution in [3.63, 3.8) is 0 Å². The van der Waals surface area contributed by atoms with Crippen molar-refractivity contribution in [1.29, 1.82) is 0 Å². The molecule has 0 bridgehead atoms. The van der Waals surface area contributed by atoms with Crippen LogP contribution in [0.25, 0.3) is 10.9 Å². The monoisotopic (exact) mass is 408 g/mol. The molecule has 158 valence electrons. The predicted octanol–water partition coefficient (Wildman–Crippen LogP) is 3.44. The Bertz CT molecular complexity index is 1080. The Hall–Kier alpha value is -2.93. The number of benzene rings is 1. The maximum absolute atomic E-state index is 12.8. The Kier molecular flexibility index (Phi) is 5.72. The molecule has 1 aliphatic rings. The number of carbonyl (C=O) groups is 1. The molecule has 7 heteroatoms. The summed E-state index contributed by atoms with van der Waals surface area (Å²) >= 11 is 0. The maximum Gasteiger partial charge on any atom is 0.341 e. The van der Waals surface area contributed by atoms with Crippen molar-refractivity contribution in [3.05, 3.63) is 53.0 Å². The number of aryl methyl sites for hydroxylation is 3. The Morgan fingerprint density at radius 2 is 2.07 bits per heavy atom. The lowest BCUT2D eigenvalue weighted by Crippen LogP contribution is -2.45. The molecule has 1 aliphatic heterocycles. The van der Waals surface area contributed by atoms with Gasteiger partial charge in [0, 0.05) is 30.9 Å². The molecule has 0 spiro atoms. The van der Waals surface area contributed by atoms with Gasteiger partial charge in [-0.2, -0.15) is 5.10 Å². The number of carbonyl (C=O) groups excluding carboxylic acids is 1. The molecule has 0 aliphatic carbocycles. The van der Waals surface area contributed by atoms with E-state index in [1.54, 1.807) is 6.20 Å². The molecule has 1 aromatic carbocycles. The number of hydrogen-bond acceptors (Lipinski definition) is 6. The van der Waals surface area contributed by atoms with Crippen LogP contribution in [0.5, 0.6) is 0 Å². The van der Waals surface area contributed by atoms with Crippen LogP contribution < -0.4 is 4.90 Å². The highest BCUT2D eigenvalue weighted by molar-refractivity contribution is 6.06. The highest BCUT2D eigenvalue weighted by Gasteiger charge is 2.27. The summed E-state index contributed by atoms with van der Waals surface area (Å²) in [7, 11) is 0. The molecule has 1 atom stereocenters. The first kappa shape index (κ1) is 20.3. The number of fused-ring (bicyclic) bond motifs is 1. The highest BCUT2D eigenvalue weighted by atomic mass is 16.5. The van der Waals surface area contributed by atoms with Gasteiger partial charge in [-0.15, -0.1) is 0 Å². The molecule has 2 aromatic heterocycles. The fraction of sp³-hybridized carbons (Fsp3) is 0.435. The topological polar surface area (TPSA) is 69.5 Å². The van der Waals surface area contributed by atoms with E-state index in [0.717, 1.165) is 33.3 Å². The molecule has 1 fully saturated rings. The molecule has 0 saturated carbocycles. The summed E-state index contributed by atoms with van der Waals surface area (Å²) in [4.78, 5) is 19.6. The van der Waals surface area contributed by atoms with E-state index in [4.69, 9.17) is 9.47 Å². The van der Waals surface area contributed by atoms with Crippen LogP contribution in [-0.2, 0) is 16.0 Å². The van der Waals surface area contributed by atoms with E-state index in [1.165, 1.54) is 0 Å². The average Bonchev–Trinajstić information content (AvgIpc) is 3.12. The molecule has 1 saturated heterocycles. The largest absolute Gasteiger partial charge is 0.462 e. The molecule has 30 heavy (non-hydrogen) atoms. The van der Waals surface area contributed by atoms with Crippen LogP contribution in [0.4, 0.5) is 5.69 Å². The normalized spacial score (nSPS) is 16.8. The van der Waals surface area contributed by atoms with Gasteiger partial charge in [0.15, 0.2) is 0 Å². The lowest BCUT2D eigenvalue weighted by Gasteiger charge is -2.36. The Balaban J connectivity index is 1.74. The average molecular weight is 409 g/mol. The number of esters is 1. The van der Waals surface area contributed by atoms with Gasteiger partial charge in [-0.3, -0.25) is 9.67 Å². The van der Waals surface area contributed by atoms with Crippen LogP contribution >= 0.6 is 0 Å². The third-order valence-electron chi connectivity index (χ3n) is 5.38. The maximum atomic E-state index is 12.8. The van der Waals surface area contributed by atoms with Crippen molar-refractivity contribution in [2.75, 3.05) is 31.2 Å². The minimum atomic E-state index is -0.341. The number of ether oxygens (including phenoxy) is 2. The van der Waals surface area contributed by atoms with E-state index in [1.807, 2.05) is 30.9 Å². The van der Waals surface area contributed by atoms with Gasteiger partial charge in [0.05, 0.1) is 43.3 Å². The minimum absolute atomic E-state index is 0.0257. The van der Waals surface area contributed by atoms with Crippen LogP contribution in [0.3, 0.4) is 0 Å². The second-order valence-corrected chi connectivity index (χ2v) is 7.90. The zero-order valence-electron chi connectivity index (χ0n) is 18.0. The zero-order chi connectivity index (χ0) is 21.3. The molecule has 0 N–H and O–H groups in total. The first-order valence-electron chi connectivity index (χ1n) is 10.4. The van der Waals surface area contributed by atoms with Crippen LogP contribution in [-0.4, -0.2) is 53.1 Å². The number of morpholine rings is 1. The Morgan fingerprint density at radius 3 is 2.80 bits per heavy atom. The van der Waals surface area contributed by atoms with Gasteiger partial charge in [0.2, 0.25) is 0 Å². The molecule has 7 nitrogen and oxygen atoms in total. The Labute approximate surface area is 176 Å². The molecule has 0 unspecified atom stereocenters. The van der Waals surface area contributed by atoms with Crippen molar-refractivity contribution >= 4 is 22.6 Å². The number of hydrogen-bond donors (Lipinski definition) is 0. The first-order valence-corrected chi connectivity index (χ1v) is 10.4. The van der Waals surface area contributed by atoms with Crippen molar-refractivity contribution < 1.29 is 14.3 Å².